The molecule has 6 atom stereocenters. The standard InChI is InChI=1S/C43H54N8O7/c1-23(2)37(48-42(54)57-6)41(53)50-18-8-9-33(50)38-44-22-32(46-38)27-16-17-30(34(20-27)56-5)25-10-12-26(13-11-25)31-21-45-39(47-31)35-28-14-15-29(19-28)36(35)40(52)51(24(3)4)49-43(55)58-7/h10-13,16-17,20-24,28-29,33,35-37H,8-9,14-15,18-19H2,1-7H3,(H,44,46)(H,45,47)(H,48,54)(H,49,55)/t28?,29?,33-,35+,36+,37-/m0/s1. The molecule has 308 valence electrons. The number of carbonyl (C=O) groups excluding carboxylic acids is 4. The third-order valence-corrected chi connectivity index (χ3v) is 12.1. The first-order chi connectivity index (χ1) is 27.9. The van der Waals surface area contributed by atoms with Crippen LogP contribution in [0.4, 0.5) is 9.59 Å². The van der Waals surface area contributed by atoms with Crippen LogP contribution >= 0.6 is 0 Å². The lowest BCUT2D eigenvalue weighted by Gasteiger charge is -2.35. The quantitative estimate of drug-likeness (QED) is 0.118. The summed E-state index contributed by atoms with van der Waals surface area (Å²) in [7, 11) is 4.22. The van der Waals surface area contributed by atoms with Crippen molar-refractivity contribution in [2.75, 3.05) is 27.9 Å². The first-order valence-corrected chi connectivity index (χ1v) is 20.1. The van der Waals surface area contributed by atoms with E-state index in [-0.39, 0.29) is 47.6 Å². The highest BCUT2D eigenvalue weighted by molar-refractivity contribution is 5.86. The molecule has 15 nitrogen and oxygen atoms in total. The van der Waals surface area contributed by atoms with Gasteiger partial charge in [0.1, 0.15) is 23.4 Å². The SMILES string of the molecule is COC(=O)N[C@H](C(=O)N1CCC[C@H]1c1ncc(-c2ccc(-c3ccc(-c4cnc([C@@H]5C6CCC(C6)[C@H]5C(=O)N(NC(=O)OC)C(C)C)[nH]4)cc3)c(OC)c2)[nH]1)C(C)C. The number of likely N-dealkylation sites (tertiary alicyclic amines) is 1. The number of rotatable bonds is 11. The molecule has 1 aliphatic heterocycles. The molecule has 4 N–H and O–H groups in total. The summed E-state index contributed by atoms with van der Waals surface area (Å²) in [6.07, 6.45) is 6.91. The summed E-state index contributed by atoms with van der Waals surface area (Å²) in [5, 5.41) is 4.10. The zero-order chi connectivity index (χ0) is 41.2. The average molecular weight is 795 g/mol. The fraction of sp³-hybridized carbons (Fsp3) is 0.488. The van der Waals surface area contributed by atoms with E-state index in [0.29, 0.717) is 24.0 Å². The smallest absolute Gasteiger partial charge is 0.425 e. The fourth-order valence-corrected chi connectivity index (χ4v) is 9.21. The van der Waals surface area contributed by atoms with Crippen LogP contribution < -0.4 is 15.5 Å². The van der Waals surface area contributed by atoms with E-state index in [1.807, 2.05) is 64.2 Å². The summed E-state index contributed by atoms with van der Waals surface area (Å²) in [4.78, 5) is 69.9. The number of nitrogens with one attached hydrogen (secondary N) is 4. The molecule has 4 amide bonds. The molecular formula is C43H54N8O7. The maximum Gasteiger partial charge on any atom is 0.425 e. The van der Waals surface area contributed by atoms with Crippen LogP contribution in [-0.4, -0.2) is 93.8 Å². The van der Waals surface area contributed by atoms with E-state index in [1.165, 1.54) is 19.2 Å². The van der Waals surface area contributed by atoms with Crippen LogP contribution in [0.15, 0.2) is 54.9 Å². The highest BCUT2D eigenvalue weighted by atomic mass is 16.5. The number of amides is 4. The number of carbonyl (C=O) groups is 4. The maximum atomic E-state index is 14.0. The highest BCUT2D eigenvalue weighted by Gasteiger charge is 2.54. The second-order valence-corrected chi connectivity index (χ2v) is 16.2. The minimum absolute atomic E-state index is 0.0687. The lowest BCUT2D eigenvalue weighted by molar-refractivity contribution is -0.143. The minimum atomic E-state index is -0.706. The number of hydrogen-bond donors (Lipinski definition) is 4. The van der Waals surface area contributed by atoms with Gasteiger partial charge in [0.2, 0.25) is 11.8 Å². The lowest BCUT2D eigenvalue weighted by Crippen LogP contribution is -2.53. The third kappa shape index (κ3) is 7.86. The van der Waals surface area contributed by atoms with Crippen molar-refractivity contribution in [3.05, 3.63) is 66.5 Å². The van der Waals surface area contributed by atoms with E-state index in [1.54, 1.807) is 18.2 Å². The molecule has 3 heterocycles. The Kier molecular flexibility index (Phi) is 11.8. The van der Waals surface area contributed by atoms with E-state index in [4.69, 9.17) is 24.2 Å². The normalized spacial score (nSPS) is 21.6. The number of alkyl carbamates (subject to hydrolysis) is 1. The van der Waals surface area contributed by atoms with Crippen LogP contribution in [0.2, 0.25) is 0 Å². The van der Waals surface area contributed by atoms with E-state index in [0.717, 1.165) is 71.6 Å². The van der Waals surface area contributed by atoms with Gasteiger partial charge in [0, 0.05) is 29.6 Å². The number of fused-ring (bicyclic) bond motifs is 2. The van der Waals surface area contributed by atoms with E-state index in [9.17, 15) is 19.2 Å². The van der Waals surface area contributed by atoms with Crippen molar-refractivity contribution in [2.24, 2.45) is 23.7 Å². The molecule has 2 aromatic carbocycles. The zero-order valence-corrected chi connectivity index (χ0v) is 34.2. The highest BCUT2D eigenvalue weighted by Crippen LogP contribution is 2.56. The van der Waals surface area contributed by atoms with Crippen LogP contribution in [0.25, 0.3) is 33.6 Å². The molecule has 1 saturated heterocycles. The van der Waals surface area contributed by atoms with Gasteiger partial charge in [-0.2, -0.15) is 0 Å². The number of nitrogens with zero attached hydrogens (tertiary/aromatic N) is 4. The number of aromatic nitrogens is 4. The van der Waals surface area contributed by atoms with E-state index in [2.05, 4.69) is 32.8 Å². The van der Waals surface area contributed by atoms with Crippen LogP contribution in [0.1, 0.15) is 83.4 Å². The molecule has 7 rings (SSSR count). The second-order valence-electron chi connectivity index (χ2n) is 16.2. The average Bonchev–Trinajstić information content (AvgIpc) is 4.09. The number of hydrazine groups is 1. The van der Waals surface area contributed by atoms with Crippen molar-refractivity contribution >= 4 is 24.0 Å². The van der Waals surface area contributed by atoms with Gasteiger partial charge >= 0.3 is 12.2 Å². The lowest BCUT2D eigenvalue weighted by atomic mass is 9.78. The Morgan fingerprint density at radius 3 is 2.12 bits per heavy atom. The summed E-state index contributed by atoms with van der Waals surface area (Å²) in [5.74, 6) is 2.03. The molecule has 4 aromatic rings. The molecule has 3 fully saturated rings. The molecule has 58 heavy (non-hydrogen) atoms. The van der Waals surface area contributed by atoms with Gasteiger partial charge < -0.3 is 34.4 Å². The first-order valence-electron chi connectivity index (χ1n) is 20.1. The summed E-state index contributed by atoms with van der Waals surface area (Å²) in [5.41, 5.74) is 8.04. The third-order valence-electron chi connectivity index (χ3n) is 12.1. The monoisotopic (exact) mass is 794 g/mol. The number of imidazole rings is 2. The Balaban J connectivity index is 1.06. The Bertz CT molecular complexity index is 2130. The Labute approximate surface area is 338 Å². The van der Waals surface area contributed by atoms with Gasteiger partial charge in [-0.05, 0) is 87.0 Å². The number of hydrogen-bond acceptors (Lipinski definition) is 9. The summed E-state index contributed by atoms with van der Waals surface area (Å²) >= 11 is 0. The number of methoxy groups -OCH3 is 3. The van der Waals surface area contributed by atoms with Gasteiger partial charge in [-0.3, -0.25) is 9.59 Å². The van der Waals surface area contributed by atoms with Crippen molar-refractivity contribution in [3.63, 3.8) is 0 Å². The van der Waals surface area contributed by atoms with Gasteiger partial charge in [-0.15, -0.1) is 0 Å². The van der Waals surface area contributed by atoms with Crippen molar-refractivity contribution in [3.8, 4) is 39.4 Å². The van der Waals surface area contributed by atoms with Crippen LogP contribution in [0.5, 0.6) is 5.75 Å². The van der Waals surface area contributed by atoms with Crippen molar-refractivity contribution < 1.29 is 33.4 Å². The Morgan fingerprint density at radius 1 is 0.810 bits per heavy atom. The van der Waals surface area contributed by atoms with Crippen molar-refractivity contribution in [1.29, 1.82) is 0 Å². The van der Waals surface area contributed by atoms with Gasteiger partial charge in [0.15, 0.2) is 0 Å². The van der Waals surface area contributed by atoms with Crippen LogP contribution in [0.3, 0.4) is 0 Å². The maximum absolute atomic E-state index is 14.0. The summed E-state index contributed by atoms with van der Waals surface area (Å²) in [6, 6.07) is 13.0. The van der Waals surface area contributed by atoms with Crippen LogP contribution in [0, 0.1) is 23.7 Å². The number of H-pyrrole nitrogens is 2. The molecule has 15 heteroatoms. The van der Waals surface area contributed by atoms with Gasteiger partial charge in [0.25, 0.3) is 0 Å². The predicted molar refractivity (Wildman–Crippen MR) is 216 cm³/mol. The molecule has 0 radical (unpaired) electrons. The first kappa shape index (κ1) is 40.3. The molecule has 3 aliphatic rings. The Morgan fingerprint density at radius 2 is 1.45 bits per heavy atom. The number of aromatic amines is 2. The molecule has 2 saturated carbocycles. The topological polar surface area (TPSA) is 184 Å². The largest absolute Gasteiger partial charge is 0.496 e. The molecule has 2 bridgehead atoms. The van der Waals surface area contributed by atoms with Crippen molar-refractivity contribution in [1.82, 2.24) is 40.6 Å². The fourth-order valence-electron chi connectivity index (χ4n) is 9.21. The summed E-state index contributed by atoms with van der Waals surface area (Å²) < 4.78 is 15.4. The second kappa shape index (κ2) is 16.9. The van der Waals surface area contributed by atoms with Gasteiger partial charge in [-0.1, -0.05) is 44.2 Å². The van der Waals surface area contributed by atoms with E-state index >= 15 is 0 Å². The molecule has 2 aromatic heterocycles. The van der Waals surface area contributed by atoms with Crippen LogP contribution in [-0.2, 0) is 19.1 Å². The molecule has 0 spiro atoms. The molecule has 2 unspecified atom stereocenters. The van der Waals surface area contributed by atoms with Gasteiger partial charge in [-0.25, -0.2) is 30.0 Å². The molecular weight excluding hydrogens is 741 g/mol. The number of benzene rings is 2. The van der Waals surface area contributed by atoms with Gasteiger partial charge in [0.05, 0.1) is 57.1 Å². The zero-order valence-electron chi connectivity index (χ0n) is 34.2. The predicted octanol–water partition coefficient (Wildman–Crippen LogP) is 6.82. The van der Waals surface area contributed by atoms with E-state index < -0.39 is 18.2 Å². The Hall–Kier alpha value is -5.86. The molecule has 2 aliphatic carbocycles. The minimum Gasteiger partial charge on any atom is -0.496 e. The van der Waals surface area contributed by atoms with Crippen molar-refractivity contribution in [2.45, 2.75) is 83.8 Å². The summed E-state index contributed by atoms with van der Waals surface area (Å²) in [6.45, 7) is 8.11. The number of ether oxygens (including phenoxy) is 3.